The second-order valence-electron chi connectivity index (χ2n) is 1.88. The molecule has 52 valence electrons. The molecule has 0 saturated heterocycles. The van der Waals surface area contributed by atoms with Gasteiger partial charge in [-0.1, -0.05) is 6.08 Å². The van der Waals surface area contributed by atoms with E-state index >= 15 is 0 Å². The van der Waals surface area contributed by atoms with Gasteiger partial charge in [0.15, 0.2) is 0 Å². The molecule has 10 heavy (non-hydrogen) atoms. The zero-order chi connectivity index (χ0) is 7.40. The van der Waals surface area contributed by atoms with Gasteiger partial charge in [0, 0.05) is 18.8 Å². The second kappa shape index (κ2) is 2.96. The van der Waals surface area contributed by atoms with Crippen molar-refractivity contribution in [2.45, 2.75) is 6.42 Å². The Morgan fingerprint density at radius 3 is 2.80 bits per heavy atom. The van der Waals surface area contributed by atoms with Gasteiger partial charge < -0.3 is 5.73 Å². The highest BCUT2D eigenvalue weighted by molar-refractivity contribution is 5.33. The molecule has 0 atom stereocenters. The molecule has 1 heterocycles. The third kappa shape index (κ3) is 1.31. The maximum absolute atomic E-state index is 5.49. The summed E-state index contributed by atoms with van der Waals surface area (Å²) in [5, 5.41) is 0. The Hall–Kier alpha value is -1.38. The minimum atomic E-state index is 0.488. The second-order valence-corrected chi connectivity index (χ2v) is 1.88. The number of nitrogens with zero attached hydrogens (tertiary/aromatic N) is 2. The Bertz CT molecular complexity index is 232. The Balaban J connectivity index is 2.91. The molecule has 1 aromatic rings. The first-order valence-electron chi connectivity index (χ1n) is 3.01. The van der Waals surface area contributed by atoms with Crippen LogP contribution in [-0.2, 0) is 6.42 Å². The van der Waals surface area contributed by atoms with Gasteiger partial charge in [0.05, 0.1) is 5.69 Å². The highest BCUT2D eigenvalue weighted by Crippen LogP contribution is 2.02. The smallest absolute Gasteiger partial charge is 0.145 e. The minimum absolute atomic E-state index is 0.488. The van der Waals surface area contributed by atoms with Crippen LogP contribution in [0.25, 0.3) is 0 Å². The molecule has 3 heteroatoms. The standard InChI is InChI=1S/C7H9N3/c1-2-3-6-7(8)10-5-4-9-6/h2,4-5H,1,3H2,(H2,8,10). The molecular formula is C7H9N3. The lowest BCUT2D eigenvalue weighted by Gasteiger charge is -1.96. The van der Waals surface area contributed by atoms with Gasteiger partial charge in [-0.15, -0.1) is 6.58 Å². The molecule has 0 aliphatic carbocycles. The van der Waals surface area contributed by atoms with Crippen LogP contribution in [-0.4, -0.2) is 9.97 Å². The Labute approximate surface area is 59.6 Å². The molecule has 0 unspecified atom stereocenters. The van der Waals surface area contributed by atoms with Crippen molar-refractivity contribution < 1.29 is 0 Å². The van der Waals surface area contributed by atoms with E-state index in [4.69, 9.17) is 5.73 Å². The number of hydrogen-bond donors (Lipinski definition) is 1. The van der Waals surface area contributed by atoms with Crippen molar-refractivity contribution >= 4 is 5.82 Å². The average molecular weight is 135 g/mol. The lowest BCUT2D eigenvalue weighted by atomic mass is 10.3. The number of rotatable bonds is 2. The molecule has 0 spiro atoms. The Morgan fingerprint density at radius 1 is 1.50 bits per heavy atom. The summed E-state index contributed by atoms with van der Waals surface area (Å²) in [7, 11) is 0. The molecule has 0 radical (unpaired) electrons. The third-order valence-electron chi connectivity index (χ3n) is 1.14. The van der Waals surface area contributed by atoms with E-state index < -0.39 is 0 Å². The fourth-order valence-corrected chi connectivity index (χ4v) is 0.672. The van der Waals surface area contributed by atoms with Crippen LogP contribution < -0.4 is 5.73 Å². The normalized spacial score (nSPS) is 9.20. The van der Waals surface area contributed by atoms with E-state index in [0.29, 0.717) is 12.2 Å². The average Bonchev–Trinajstić information content (AvgIpc) is 1.94. The van der Waals surface area contributed by atoms with Gasteiger partial charge in [0.25, 0.3) is 0 Å². The molecule has 3 nitrogen and oxygen atoms in total. The maximum Gasteiger partial charge on any atom is 0.145 e. The van der Waals surface area contributed by atoms with Gasteiger partial charge in [0.2, 0.25) is 0 Å². The number of hydrogen-bond acceptors (Lipinski definition) is 3. The molecular weight excluding hydrogens is 126 g/mol. The zero-order valence-corrected chi connectivity index (χ0v) is 5.62. The molecule has 0 aliphatic heterocycles. The molecule has 0 aliphatic rings. The van der Waals surface area contributed by atoms with Gasteiger partial charge in [-0.3, -0.25) is 4.98 Å². The fraction of sp³-hybridized carbons (Fsp3) is 0.143. The number of nitrogen functional groups attached to an aromatic ring is 1. The van der Waals surface area contributed by atoms with E-state index in [2.05, 4.69) is 16.5 Å². The van der Waals surface area contributed by atoms with Crippen LogP contribution in [0.15, 0.2) is 25.0 Å². The number of allylic oxidation sites excluding steroid dienone is 1. The minimum Gasteiger partial charge on any atom is -0.382 e. The van der Waals surface area contributed by atoms with Crippen LogP contribution in [0, 0.1) is 0 Å². The van der Waals surface area contributed by atoms with Crippen molar-refractivity contribution in [2.24, 2.45) is 0 Å². The first-order valence-corrected chi connectivity index (χ1v) is 3.01. The first kappa shape index (κ1) is 6.74. The summed E-state index contributed by atoms with van der Waals surface area (Å²) in [5.74, 6) is 0.488. The van der Waals surface area contributed by atoms with E-state index in [1.54, 1.807) is 18.5 Å². The number of nitrogens with two attached hydrogens (primary N) is 1. The van der Waals surface area contributed by atoms with Crippen LogP contribution in [0.2, 0.25) is 0 Å². The molecule has 2 N–H and O–H groups in total. The topological polar surface area (TPSA) is 51.8 Å². The summed E-state index contributed by atoms with van der Waals surface area (Å²) in [6.07, 6.45) is 5.62. The predicted octanol–water partition coefficient (Wildman–Crippen LogP) is 0.787. The van der Waals surface area contributed by atoms with Crippen LogP contribution in [0.3, 0.4) is 0 Å². The number of anilines is 1. The zero-order valence-electron chi connectivity index (χ0n) is 5.62. The summed E-state index contributed by atoms with van der Waals surface area (Å²) < 4.78 is 0. The van der Waals surface area contributed by atoms with E-state index in [1.165, 1.54) is 0 Å². The Morgan fingerprint density at radius 2 is 2.20 bits per heavy atom. The van der Waals surface area contributed by atoms with Crippen molar-refractivity contribution in [2.75, 3.05) is 5.73 Å². The van der Waals surface area contributed by atoms with Gasteiger partial charge >= 0.3 is 0 Å². The maximum atomic E-state index is 5.49. The Kier molecular flexibility index (Phi) is 1.99. The molecule has 0 fully saturated rings. The monoisotopic (exact) mass is 135 g/mol. The van der Waals surface area contributed by atoms with Gasteiger partial charge in [-0.25, -0.2) is 4.98 Å². The van der Waals surface area contributed by atoms with E-state index in [1.807, 2.05) is 0 Å². The van der Waals surface area contributed by atoms with Crippen molar-refractivity contribution in [3.8, 4) is 0 Å². The van der Waals surface area contributed by atoms with Crippen LogP contribution in [0.5, 0.6) is 0 Å². The molecule has 0 bridgehead atoms. The first-order chi connectivity index (χ1) is 4.84. The summed E-state index contributed by atoms with van der Waals surface area (Å²) >= 11 is 0. The summed E-state index contributed by atoms with van der Waals surface area (Å²) in [6, 6.07) is 0. The highest BCUT2D eigenvalue weighted by atomic mass is 14.9. The summed E-state index contributed by atoms with van der Waals surface area (Å²) in [5.41, 5.74) is 6.27. The van der Waals surface area contributed by atoms with Gasteiger partial charge in [-0.05, 0) is 0 Å². The molecule has 1 aromatic heterocycles. The molecule has 0 amide bonds. The van der Waals surface area contributed by atoms with Gasteiger partial charge in [-0.2, -0.15) is 0 Å². The summed E-state index contributed by atoms with van der Waals surface area (Å²) in [6.45, 7) is 3.57. The van der Waals surface area contributed by atoms with Crippen LogP contribution in [0.1, 0.15) is 5.69 Å². The van der Waals surface area contributed by atoms with E-state index in [-0.39, 0.29) is 0 Å². The van der Waals surface area contributed by atoms with E-state index in [9.17, 15) is 0 Å². The predicted molar refractivity (Wildman–Crippen MR) is 40.3 cm³/mol. The van der Waals surface area contributed by atoms with Crippen molar-refractivity contribution in [3.63, 3.8) is 0 Å². The lowest BCUT2D eigenvalue weighted by molar-refractivity contribution is 1.07. The quantitative estimate of drug-likeness (QED) is 0.610. The summed E-state index contributed by atoms with van der Waals surface area (Å²) in [4.78, 5) is 7.87. The van der Waals surface area contributed by atoms with Gasteiger partial charge in [0.1, 0.15) is 5.82 Å². The fourth-order valence-electron chi connectivity index (χ4n) is 0.672. The van der Waals surface area contributed by atoms with Crippen LogP contribution in [0.4, 0.5) is 5.82 Å². The molecule has 0 aromatic carbocycles. The van der Waals surface area contributed by atoms with E-state index in [0.717, 1.165) is 5.69 Å². The number of aromatic nitrogens is 2. The van der Waals surface area contributed by atoms with Crippen molar-refractivity contribution in [1.29, 1.82) is 0 Å². The van der Waals surface area contributed by atoms with Crippen molar-refractivity contribution in [3.05, 3.63) is 30.7 Å². The van der Waals surface area contributed by atoms with Crippen molar-refractivity contribution in [1.82, 2.24) is 9.97 Å². The SMILES string of the molecule is C=CCc1nccnc1N. The highest BCUT2D eigenvalue weighted by Gasteiger charge is 1.95. The largest absolute Gasteiger partial charge is 0.382 e. The molecule has 0 saturated carbocycles. The molecule has 1 rings (SSSR count). The van der Waals surface area contributed by atoms with Crippen LogP contribution >= 0.6 is 0 Å². The third-order valence-corrected chi connectivity index (χ3v) is 1.14. The lowest BCUT2D eigenvalue weighted by Crippen LogP contribution is -1.98.